The molecule has 0 atom stereocenters. The van der Waals surface area contributed by atoms with E-state index < -0.39 is 0 Å². The quantitative estimate of drug-likeness (QED) is 0.316. The average molecular weight is 444 g/mol. The molecule has 4 nitrogen and oxygen atoms in total. The molecule has 0 saturated heterocycles. The Labute approximate surface area is 199 Å². The first-order valence-corrected chi connectivity index (χ1v) is 11.3. The van der Waals surface area contributed by atoms with E-state index in [9.17, 15) is 4.79 Å². The minimum atomic E-state index is -0.237. The van der Waals surface area contributed by atoms with Crippen LogP contribution < -0.4 is 5.32 Å². The lowest BCUT2D eigenvalue weighted by Gasteiger charge is -2.09. The first kappa shape index (κ1) is 21.4. The Hall–Kier alpha value is -4.44. The molecule has 166 valence electrons. The Morgan fingerprint density at radius 1 is 0.676 bits per heavy atom. The van der Waals surface area contributed by atoms with Crippen molar-refractivity contribution in [3.63, 3.8) is 0 Å². The van der Waals surface area contributed by atoms with Gasteiger partial charge in [-0.3, -0.25) is 4.79 Å². The van der Waals surface area contributed by atoms with Crippen LogP contribution in [0.25, 0.3) is 28.1 Å². The summed E-state index contributed by atoms with van der Waals surface area (Å²) in [6.45, 7) is 4.05. The van der Waals surface area contributed by atoms with Crippen LogP contribution in [0.1, 0.15) is 21.6 Å². The van der Waals surface area contributed by atoms with E-state index in [0.29, 0.717) is 5.69 Å². The topological polar surface area (TPSA) is 46.9 Å². The third kappa shape index (κ3) is 4.52. The van der Waals surface area contributed by atoms with Crippen LogP contribution in [0.4, 0.5) is 5.69 Å². The van der Waals surface area contributed by atoms with Gasteiger partial charge < -0.3 is 5.32 Å². The zero-order valence-corrected chi connectivity index (χ0v) is 19.2. The van der Waals surface area contributed by atoms with Crippen molar-refractivity contribution in [2.24, 2.45) is 0 Å². The first-order valence-electron chi connectivity index (χ1n) is 11.3. The third-order valence-electron chi connectivity index (χ3n) is 5.78. The number of aryl methyl sites for hydroxylation is 2. The van der Waals surface area contributed by atoms with Crippen molar-refractivity contribution in [2.45, 2.75) is 13.8 Å². The molecule has 5 rings (SSSR count). The van der Waals surface area contributed by atoms with Crippen LogP contribution in [0.3, 0.4) is 0 Å². The summed E-state index contributed by atoms with van der Waals surface area (Å²) in [5, 5.41) is 7.66. The number of carbonyl (C=O) groups is 1. The predicted molar refractivity (Wildman–Crippen MR) is 138 cm³/mol. The molecule has 1 N–H and O–H groups in total. The minimum Gasteiger partial charge on any atom is -0.321 e. The summed E-state index contributed by atoms with van der Waals surface area (Å²) >= 11 is 0. The summed E-state index contributed by atoms with van der Waals surface area (Å²) in [7, 11) is 0. The molecule has 0 aliphatic heterocycles. The number of nitrogens with one attached hydrogen (secondary N) is 1. The van der Waals surface area contributed by atoms with Crippen LogP contribution in [-0.2, 0) is 0 Å². The lowest BCUT2D eigenvalue weighted by molar-refractivity contribution is 0.102. The van der Waals surface area contributed by atoms with Crippen LogP contribution >= 0.6 is 0 Å². The van der Waals surface area contributed by atoms with Crippen molar-refractivity contribution in [3.8, 4) is 28.1 Å². The second-order valence-corrected chi connectivity index (χ2v) is 8.43. The summed E-state index contributed by atoms with van der Waals surface area (Å²) in [5.74, 6) is -0.237. The summed E-state index contributed by atoms with van der Waals surface area (Å²) in [6.07, 6.45) is 0. The molecule has 0 spiro atoms. The maximum absolute atomic E-state index is 13.1. The second kappa shape index (κ2) is 9.20. The van der Waals surface area contributed by atoms with Gasteiger partial charge in [-0.05, 0) is 60.9 Å². The van der Waals surface area contributed by atoms with Crippen LogP contribution in [0.15, 0.2) is 109 Å². The van der Waals surface area contributed by atoms with E-state index >= 15 is 0 Å². The van der Waals surface area contributed by atoms with E-state index in [0.717, 1.165) is 33.8 Å². The van der Waals surface area contributed by atoms with Crippen LogP contribution in [-0.4, -0.2) is 15.7 Å². The van der Waals surface area contributed by atoms with Gasteiger partial charge in [0.05, 0.1) is 11.4 Å². The smallest absolute Gasteiger partial charge is 0.276 e. The Morgan fingerprint density at radius 3 is 2.06 bits per heavy atom. The molecule has 1 amide bonds. The van der Waals surface area contributed by atoms with Gasteiger partial charge in [0.25, 0.3) is 5.91 Å². The van der Waals surface area contributed by atoms with E-state index in [1.165, 1.54) is 11.1 Å². The van der Waals surface area contributed by atoms with Crippen molar-refractivity contribution in [3.05, 3.63) is 126 Å². The van der Waals surface area contributed by atoms with Gasteiger partial charge in [0.15, 0.2) is 5.69 Å². The van der Waals surface area contributed by atoms with Gasteiger partial charge in [-0.2, -0.15) is 5.10 Å². The van der Waals surface area contributed by atoms with Crippen molar-refractivity contribution in [2.75, 3.05) is 5.32 Å². The number of carbonyl (C=O) groups excluding carboxylic acids is 1. The molecule has 4 aromatic carbocycles. The van der Waals surface area contributed by atoms with Gasteiger partial charge in [-0.25, -0.2) is 4.68 Å². The Kier molecular flexibility index (Phi) is 5.79. The van der Waals surface area contributed by atoms with Gasteiger partial charge in [0.1, 0.15) is 0 Å². The SMILES string of the molecule is Cc1ccc(-n2nc(C(=O)Nc3cccc(C)c3)cc2-c2ccc(-c3ccccc3)cc2)cc1. The summed E-state index contributed by atoms with van der Waals surface area (Å²) < 4.78 is 1.84. The number of nitrogens with zero attached hydrogens (tertiary/aromatic N) is 2. The number of rotatable bonds is 5. The highest BCUT2D eigenvalue weighted by Crippen LogP contribution is 2.28. The fourth-order valence-electron chi connectivity index (χ4n) is 3.96. The van der Waals surface area contributed by atoms with E-state index in [2.05, 4.69) is 48.6 Å². The fraction of sp³-hybridized carbons (Fsp3) is 0.0667. The summed E-state index contributed by atoms with van der Waals surface area (Å²) in [5.41, 5.74) is 8.43. The zero-order valence-electron chi connectivity index (χ0n) is 19.2. The largest absolute Gasteiger partial charge is 0.321 e. The lowest BCUT2D eigenvalue weighted by atomic mass is 10.0. The predicted octanol–water partition coefficient (Wildman–Crippen LogP) is 7.08. The lowest BCUT2D eigenvalue weighted by Crippen LogP contribution is -2.13. The average Bonchev–Trinajstić information content (AvgIpc) is 3.31. The van der Waals surface area contributed by atoms with E-state index in [-0.39, 0.29) is 5.91 Å². The van der Waals surface area contributed by atoms with Crippen LogP contribution in [0.2, 0.25) is 0 Å². The number of hydrogen-bond acceptors (Lipinski definition) is 2. The fourth-order valence-corrected chi connectivity index (χ4v) is 3.96. The van der Waals surface area contributed by atoms with Gasteiger partial charge >= 0.3 is 0 Å². The number of aromatic nitrogens is 2. The van der Waals surface area contributed by atoms with Crippen LogP contribution in [0, 0.1) is 13.8 Å². The normalized spacial score (nSPS) is 10.8. The molecule has 0 fully saturated rings. The maximum atomic E-state index is 13.1. The van der Waals surface area contributed by atoms with Gasteiger partial charge in [0.2, 0.25) is 0 Å². The Morgan fingerprint density at radius 2 is 1.35 bits per heavy atom. The molecule has 34 heavy (non-hydrogen) atoms. The second-order valence-electron chi connectivity index (χ2n) is 8.43. The maximum Gasteiger partial charge on any atom is 0.276 e. The highest BCUT2D eigenvalue weighted by Gasteiger charge is 2.17. The van der Waals surface area contributed by atoms with Gasteiger partial charge in [-0.15, -0.1) is 0 Å². The van der Waals surface area contributed by atoms with Crippen molar-refractivity contribution < 1.29 is 4.79 Å². The number of anilines is 1. The molecule has 0 aliphatic rings. The molecule has 1 aromatic heterocycles. The number of hydrogen-bond donors (Lipinski definition) is 1. The van der Waals surface area contributed by atoms with E-state index in [1.54, 1.807) is 0 Å². The van der Waals surface area contributed by atoms with Crippen molar-refractivity contribution >= 4 is 11.6 Å². The van der Waals surface area contributed by atoms with E-state index in [4.69, 9.17) is 5.10 Å². The molecule has 4 heteroatoms. The van der Waals surface area contributed by atoms with Gasteiger partial charge in [-0.1, -0.05) is 84.4 Å². The summed E-state index contributed by atoms with van der Waals surface area (Å²) in [6, 6.07) is 36.4. The molecule has 0 unspecified atom stereocenters. The Bertz CT molecular complexity index is 1430. The number of amides is 1. The highest BCUT2D eigenvalue weighted by molar-refractivity contribution is 6.03. The highest BCUT2D eigenvalue weighted by atomic mass is 16.1. The molecule has 0 bridgehead atoms. The monoisotopic (exact) mass is 443 g/mol. The molecule has 1 heterocycles. The molecule has 0 saturated carbocycles. The minimum absolute atomic E-state index is 0.237. The van der Waals surface area contributed by atoms with Crippen molar-refractivity contribution in [1.29, 1.82) is 0 Å². The van der Waals surface area contributed by atoms with Gasteiger partial charge in [0, 0.05) is 11.3 Å². The molecule has 0 aliphatic carbocycles. The molecular weight excluding hydrogens is 418 g/mol. The first-order chi connectivity index (χ1) is 16.6. The zero-order chi connectivity index (χ0) is 23.5. The van der Waals surface area contributed by atoms with Crippen molar-refractivity contribution in [1.82, 2.24) is 9.78 Å². The molecule has 5 aromatic rings. The molecular formula is C30H25N3O. The van der Waals surface area contributed by atoms with E-state index in [1.807, 2.05) is 84.4 Å². The molecule has 0 radical (unpaired) electrons. The standard InChI is InChI=1S/C30H25N3O/c1-21-11-17-27(18-12-21)33-29(25-15-13-24(14-16-25)23-8-4-3-5-9-23)20-28(32-33)30(34)31-26-10-6-7-22(2)19-26/h3-20H,1-2H3,(H,31,34). The third-order valence-corrected chi connectivity index (χ3v) is 5.78. The summed E-state index contributed by atoms with van der Waals surface area (Å²) in [4.78, 5) is 13.1. The Balaban J connectivity index is 1.53. The number of benzene rings is 4. The van der Waals surface area contributed by atoms with Crippen LogP contribution in [0.5, 0.6) is 0 Å².